The Morgan fingerprint density at radius 1 is 1.18 bits per heavy atom. The lowest BCUT2D eigenvalue weighted by Crippen LogP contribution is -2.27. The number of H-pyrrole nitrogens is 1. The van der Waals surface area contributed by atoms with Gasteiger partial charge in [-0.05, 0) is 37.8 Å². The van der Waals surface area contributed by atoms with Gasteiger partial charge in [-0.15, -0.1) is 10.2 Å². The summed E-state index contributed by atoms with van der Waals surface area (Å²) in [7, 11) is 3.04. The number of aromatic hydroxyl groups is 1. The van der Waals surface area contributed by atoms with Crippen LogP contribution in [0.5, 0.6) is 17.2 Å². The van der Waals surface area contributed by atoms with E-state index in [-0.39, 0.29) is 41.5 Å². The first-order valence-electron chi connectivity index (χ1n) is 11.3. The first-order valence-corrected chi connectivity index (χ1v) is 11.3. The number of rotatable bonds is 10. The van der Waals surface area contributed by atoms with Crippen molar-refractivity contribution in [1.82, 2.24) is 20.5 Å². The average molecular weight is 469 g/mol. The Bertz CT molecular complexity index is 1220. The van der Waals surface area contributed by atoms with Crippen LogP contribution in [0.25, 0.3) is 22.6 Å². The largest absolute Gasteiger partial charge is 0.506 e. The second kappa shape index (κ2) is 9.98. The Hall–Kier alpha value is -3.82. The lowest BCUT2D eigenvalue weighted by molar-refractivity contribution is -0.120. The standard InChI is InChI=1S/C24H28N4O6/c1-4-5-7-14-19(20-15(32-2)8-6-9-16(20)33-3)22(30)21(23(31)26-14)24-28-27-18(34-24)12-17(29)25-13-10-11-13/h6,8-9,13H,4-5,7,10-12H2,1-3H3,(H,25,29)(H2,26,30,31). The van der Waals surface area contributed by atoms with Gasteiger partial charge in [0.15, 0.2) is 0 Å². The minimum atomic E-state index is -0.571. The molecule has 10 heteroatoms. The molecule has 1 amide bonds. The van der Waals surface area contributed by atoms with Gasteiger partial charge in [0.05, 0.1) is 25.3 Å². The summed E-state index contributed by atoms with van der Waals surface area (Å²) < 4.78 is 16.7. The van der Waals surface area contributed by atoms with Crippen LogP contribution in [0.3, 0.4) is 0 Å². The highest BCUT2D eigenvalue weighted by Gasteiger charge is 2.28. The zero-order valence-corrected chi connectivity index (χ0v) is 19.4. The van der Waals surface area contributed by atoms with Crippen molar-refractivity contribution >= 4 is 5.91 Å². The first-order chi connectivity index (χ1) is 16.5. The molecule has 34 heavy (non-hydrogen) atoms. The van der Waals surface area contributed by atoms with Gasteiger partial charge in [0.25, 0.3) is 11.4 Å². The third kappa shape index (κ3) is 4.75. The number of carbonyl (C=O) groups is 1. The molecule has 0 spiro atoms. The van der Waals surface area contributed by atoms with Crippen LogP contribution in [0.4, 0.5) is 0 Å². The molecule has 3 N–H and O–H groups in total. The second-order valence-electron chi connectivity index (χ2n) is 8.19. The number of nitrogens with zero attached hydrogens (tertiary/aromatic N) is 2. The Kier molecular flexibility index (Phi) is 6.85. The molecule has 0 aliphatic heterocycles. The third-order valence-corrected chi connectivity index (χ3v) is 5.66. The van der Waals surface area contributed by atoms with E-state index in [1.54, 1.807) is 18.2 Å². The van der Waals surface area contributed by atoms with Crippen LogP contribution in [-0.2, 0) is 17.6 Å². The van der Waals surface area contributed by atoms with Gasteiger partial charge in [-0.25, -0.2) is 0 Å². The molecular weight excluding hydrogens is 440 g/mol. The fourth-order valence-corrected chi connectivity index (χ4v) is 3.81. The maximum absolute atomic E-state index is 13.0. The first kappa shape index (κ1) is 23.3. The van der Waals surface area contributed by atoms with Crippen LogP contribution in [0.15, 0.2) is 27.4 Å². The van der Waals surface area contributed by atoms with Gasteiger partial charge in [-0.3, -0.25) is 9.59 Å². The van der Waals surface area contributed by atoms with E-state index in [9.17, 15) is 14.7 Å². The molecule has 4 rings (SSSR count). The molecule has 3 aromatic rings. The molecule has 1 saturated carbocycles. The fraction of sp³-hybridized carbons (Fsp3) is 0.417. The third-order valence-electron chi connectivity index (χ3n) is 5.66. The second-order valence-corrected chi connectivity index (χ2v) is 8.19. The molecule has 2 aromatic heterocycles. The maximum atomic E-state index is 13.0. The Morgan fingerprint density at radius 2 is 1.88 bits per heavy atom. The van der Waals surface area contributed by atoms with Gasteiger partial charge in [-0.1, -0.05) is 19.4 Å². The normalized spacial score (nSPS) is 13.0. The number of aromatic nitrogens is 3. The number of amides is 1. The van der Waals surface area contributed by atoms with Crippen molar-refractivity contribution in [2.75, 3.05) is 14.2 Å². The quantitative estimate of drug-likeness (QED) is 0.413. The zero-order chi connectivity index (χ0) is 24.2. The summed E-state index contributed by atoms with van der Waals surface area (Å²) in [4.78, 5) is 28.0. The smallest absolute Gasteiger partial charge is 0.264 e. The Morgan fingerprint density at radius 3 is 2.50 bits per heavy atom. The highest BCUT2D eigenvalue weighted by atomic mass is 16.5. The lowest BCUT2D eigenvalue weighted by atomic mass is 9.96. The number of nitrogens with one attached hydrogen (secondary N) is 2. The van der Waals surface area contributed by atoms with Crippen LogP contribution in [-0.4, -0.2) is 46.5 Å². The van der Waals surface area contributed by atoms with Gasteiger partial charge < -0.3 is 29.3 Å². The summed E-state index contributed by atoms with van der Waals surface area (Å²) >= 11 is 0. The molecule has 1 fully saturated rings. The number of carbonyl (C=O) groups excluding carboxylic acids is 1. The van der Waals surface area contributed by atoms with E-state index in [2.05, 4.69) is 20.5 Å². The van der Waals surface area contributed by atoms with Crippen molar-refractivity contribution in [2.24, 2.45) is 0 Å². The van der Waals surface area contributed by atoms with Crippen LogP contribution in [0.1, 0.15) is 44.2 Å². The van der Waals surface area contributed by atoms with Crippen molar-refractivity contribution in [2.45, 2.75) is 51.5 Å². The highest BCUT2D eigenvalue weighted by molar-refractivity contribution is 5.87. The summed E-state index contributed by atoms with van der Waals surface area (Å²) in [5.41, 5.74) is 0.656. The summed E-state index contributed by atoms with van der Waals surface area (Å²) in [6.07, 6.45) is 4.02. The number of hydrogen-bond acceptors (Lipinski definition) is 8. The number of pyridine rings is 1. The molecule has 0 unspecified atom stereocenters. The van der Waals surface area contributed by atoms with Gasteiger partial charge in [0, 0.05) is 11.7 Å². The summed E-state index contributed by atoms with van der Waals surface area (Å²) in [6.45, 7) is 2.04. The number of aryl methyl sites for hydroxylation is 1. The molecule has 0 saturated heterocycles. The Balaban J connectivity index is 1.82. The van der Waals surface area contributed by atoms with Gasteiger partial charge in [-0.2, -0.15) is 0 Å². The molecule has 180 valence electrons. The number of hydrogen-bond donors (Lipinski definition) is 3. The number of methoxy groups -OCH3 is 2. The number of benzene rings is 1. The SMILES string of the molecule is CCCCc1[nH]c(=O)c(-c2nnc(CC(=O)NC3CC3)o2)c(O)c1-c1c(OC)cccc1OC. The maximum Gasteiger partial charge on any atom is 0.264 e. The predicted molar refractivity (Wildman–Crippen MR) is 124 cm³/mol. The predicted octanol–water partition coefficient (Wildman–Crippen LogP) is 2.98. The van der Waals surface area contributed by atoms with E-state index in [0.29, 0.717) is 34.7 Å². The van der Waals surface area contributed by atoms with Crippen molar-refractivity contribution in [3.63, 3.8) is 0 Å². The number of unbranched alkanes of at least 4 members (excludes halogenated alkanes) is 1. The molecule has 2 heterocycles. The van der Waals surface area contributed by atoms with Gasteiger partial charge in [0.2, 0.25) is 11.8 Å². The minimum absolute atomic E-state index is 0.0541. The molecular formula is C24H28N4O6. The van der Waals surface area contributed by atoms with Gasteiger partial charge >= 0.3 is 0 Å². The van der Waals surface area contributed by atoms with E-state index in [1.807, 2.05) is 6.92 Å². The van der Waals surface area contributed by atoms with E-state index in [1.165, 1.54) is 14.2 Å². The summed E-state index contributed by atoms with van der Waals surface area (Å²) in [6, 6.07) is 5.47. The minimum Gasteiger partial charge on any atom is -0.506 e. The lowest BCUT2D eigenvalue weighted by Gasteiger charge is -2.18. The molecule has 1 aliphatic carbocycles. The van der Waals surface area contributed by atoms with Gasteiger partial charge in [0.1, 0.15) is 29.2 Å². The monoisotopic (exact) mass is 468 g/mol. The van der Waals surface area contributed by atoms with Crippen LogP contribution >= 0.6 is 0 Å². The fourth-order valence-electron chi connectivity index (χ4n) is 3.81. The molecule has 1 aliphatic rings. The van der Waals surface area contributed by atoms with E-state index >= 15 is 0 Å². The van der Waals surface area contributed by atoms with Crippen molar-refractivity contribution in [3.05, 3.63) is 40.1 Å². The zero-order valence-electron chi connectivity index (χ0n) is 19.4. The molecule has 1 aromatic carbocycles. The summed E-state index contributed by atoms with van der Waals surface area (Å²) in [5, 5.41) is 22.0. The van der Waals surface area contributed by atoms with Crippen molar-refractivity contribution < 1.29 is 23.8 Å². The molecule has 0 bridgehead atoms. The number of ether oxygens (including phenoxy) is 2. The highest BCUT2D eigenvalue weighted by Crippen LogP contribution is 2.46. The van der Waals surface area contributed by atoms with Crippen LogP contribution < -0.4 is 20.3 Å². The topological polar surface area (TPSA) is 140 Å². The van der Waals surface area contributed by atoms with Crippen LogP contribution in [0, 0.1) is 0 Å². The number of aromatic amines is 1. The average Bonchev–Trinajstić information content (AvgIpc) is 3.52. The van der Waals surface area contributed by atoms with E-state index in [0.717, 1.165) is 25.7 Å². The van der Waals surface area contributed by atoms with E-state index < -0.39 is 5.56 Å². The molecule has 0 atom stereocenters. The summed E-state index contributed by atoms with van der Waals surface area (Å²) in [5.74, 6) is 0.255. The van der Waals surface area contributed by atoms with Crippen molar-refractivity contribution in [1.29, 1.82) is 0 Å². The molecule has 0 radical (unpaired) electrons. The van der Waals surface area contributed by atoms with Crippen LogP contribution in [0.2, 0.25) is 0 Å². The molecule has 10 nitrogen and oxygen atoms in total. The van der Waals surface area contributed by atoms with Crippen molar-refractivity contribution in [3.8, 4) is 39.8 Å². The Labute approximate surface area is 196 Å². The van der Waals surface area contributed by atoms with E-state index in [4.69, 9.17) is 13.9 Å².